The number of aliphatic hydroxyl groups is 1. The van der Waals surface area contributed by atoms with E-state index in [2.05, 4.69) is 24.8 Å². The largest absolute Gasteiger partial charge is 0.392 e. The maximum absolute atomic E-state index is 9.63. The van der Waals surface area contributed by atoms with Gasteiger partial charge in [-0.25, -0.2) is 4.98 Å². The van der Waals surface area contributed by atoms with E-state index in [4.69, 9.17) is 4.98 Å². The lowest BCUT2D eigenvalue weighted by molar-refractivity contribution is 0.237. The summed E-state index contributed by atoms with van der Waals surface area (Å²) in [5.41, 5.74) is 2.43. The quantitative estimate of drug-likeness (QED) is 0.932. The lowest BCUT2D eigenvalue weighted by atomic mass is 9.78. The number of nitrogens with zero attached hydrogens (tertiary/aromatic N) is 2. The Morgan fingerprint density at radius 2 is 1.95 bits per heavy atom. The highest BCUT2D eigenvalue weighted by atomic mass is 16.3. The second-order valence-electron chi connectivity index (χ2n) is 6.47. The average Bonchev–Trinajstić information content (AvgIpc) is 2.54. The number of para-hydroxylation sites is 1. The van der Waals surface area contributed by atoms with Crippen molar-refractivity contribution < 1.29 is 5.11 Å². The molecular weight excluding hydrogens is 260 g/mol. The Morgan fingerprint density at radius 1 is 1.24 bits per heavy atom. The maximum atomic E-state index is 9.63. The van der Waals surface area contributed by atoms with Crippen LogP contribution in [0.3, 0.4) is 0 Å². The molecule has 21 heavy (non-hydrogen) atoms. The van der Waals surface area contributed by atoms with Crippen LogP contribution in [0.4, 0.5) is 5.82 Å². The molecule has 0 amide bonds. The van der Waals surface area contributed by atoms with Crippen molar-refractivity contribution in [3.8, 4) is 0 Å². The van der Waals surface area contributed by atoms with E-state index in [9.17, 15) is 5.11 Å². The van der Waals surface area contributed by atoms with Crippen LogP contribution < -0.4 is 4.90 Å². The number of hydrogen-bond acceptors (Lipinski definition) is 3. The van der Waals surface area contributed by atoms with Crippen LogP contribution >= 0.6 is 0 Å². The summed E-state index contributed by atoms with van der Waals surface area (Å²) in [6.45, 7) is 6.85. The average molecular weight is 284 g/mol. The Bertz CT molecular complexity index is 630. The standard InChI is InChI=1S/C18H24N2O/c1-3-18(2)8-10-20(11-9-18)17-12-14(13-21)15-6-4-5-7-16(15)19-17/h4-7,12,21H,3,8-11,13H2,1-2H3. The van der Waals surface area contributed by atoms with Crippen molar-refractivity contribution in [1.82, 2.24) is 4.98 Å². The van der Waals surface area contributed by atoms with E-state index >= 15 is 0 Å². The minimum Gasteiger partial charge on any atom is -0.392 e. The number of aromatic nitrogens is 1. The van der Waals surface area contributed by atoms with Crippen molar-refractivity contribution in [1.29, 1.82) is 0 Å². The predicted molar refractivity (Wildman–Crippen MR) is 87.5 cm³/mol. The molecule has 1 aromatic heterocycles. The molecule has 3 rings (SSSR count). The monoisotopic (exact) mass is 284 g/mol. The van der Waals surface area contributed by atoms with Gasteiger partial charge in [0.2, 0.25) is 0 Å². The summed E-state index contributed by atoms with van der Waals surface area (Å²) in [6.07, 6.45) is 3.67. The molecule has 0 unspecified atom stereocenters. The van der Waals surface area contributed by atoms with E-state index in [-0.39, 0.29) is 6.61 Å². The van der Waals surface area contributed by atoms with Crippen molar-refractivity contribution in [3.05, 3.63) is 35.9 Å². The number of benzene rings is 1. The highest BCUT2D eigenvalue weighted by Gasteiger charge is 2.28. The lowest BCUT2D eigenvalue weighted by Gasteiger charge is -2.39. The number of hydrogen-bond donors (Lipinski definition) is 1. The number of rotatable bonds is 3. The third kappa shape index (κ3) is 2.75. The van der Waals surface area contributed by atoms with Crippen LogP contribution in [0.15, 0.2) is 30.3 Å². The molecule has 0 saturated carbocycles. The molecule has 3 nitrogen and oxygen atoms in total. The van der Waals surface area contributed by atoms with E-state index in [1.807, 2.05) is 24.3 Å². The Kier molecular flexibility index (Phi) is 3.85. The van der Waals surface area contributed by atoms with Gasteiger partial charge in [-0.05, 0) is 36.0 Å². The van der Waals surface area contributed by atoms with E-state index in [0.717, 1.165) is 35.4 Å². The summed E-state index contributed by atoms with van der Waals surface area (Å²) in [6, 6.07) is 10.1. The van der Waals surface area contributed by atoms with Crippen LogP contribution in [0.2, 0.25) is 0 Å². The zero-order valence-electron chi connectivity index (χ0n) is 13.0. The van der Waals surface area contributed by atoms with E-state index in [1.165, 1.54) is 19.3 Å². The molecule has 1 aliphatic rings. The molecule has 2 heterocycles. The molecular formula is C18H24N2O. The van der Waals surface area contributed by atoms with Gasteiger partial charge in [-0.2, -0.15) is 0 Å². The van der Waals surface area contributed by atoms with Gasteiger partial charge in [0, 0.05) is 18.5 Å². The van der Waals surface area contributed by atoms with Gasteiger partial charge in [0.25, 0.3) is 0 Å². The molecule has 0 atom stereocenters. The number of piperidine rings is 1. The summed E-state index contributed by atoms with van der Waals surface area (Å²) < 4.78 is 0. The number of pyridine rings is 1. The third-order valence-corrected chi connectivity index (χ3v) is 5.11. The van der Waals surface area contributed by atoms with Gasteiger partial charge < -0.3 is 10.0 Å². The van der Waals surface area contributed by atoms with Crippen LogP contribution in [-0.4, -0.2) is 23.2 Å². The Balaban J connectivity index is 1.91. The van der Waals surface area contributed by atoms with Crippen molar-refractivity contribution >= 4 is 16.7 Å². The molecule has 0 aliphatic carbocycles. The molecule has 1 aliphatic heterocycles. The summed E-state index contributed by atoms with van der Waals surface area (Å²) in [5.74, 6) is 1.01. The fourth-order valence-electron chi connectivity index (χ4n) is 3.15. The minimum atomic E-state index is 0.0660. The fourth-order valence-corrected chi connectivity index (χ4v) is 3.15. The first-order chi connectivity index (χ1) is 10.1. The lowest BCUT2D eigenvalue weighted by Crippen LogP contribution is -2.38. The van der Waals surface area contributed by atoms with Crippen LogP contribution in [0.5, 0.6) is 0 Å². The summed E-state index contributed by atoms with van der Waals surface area (Å²) in [4.78, 5) is 7.16. The Morgan fingerprint density at radius 3 is 2.62 bits per heavy atom. The molecule has 1 aromatic carbocycles. The van der Waals surface area contributed by atoms with Gasteiger partial charge in [-0.3, -0.25) is 0 Å². The van der Waals surface area contributed by atoms with Crippen molar-refractivity contribution in [2.24, 2.45) is 5.41 Å². The number of fused-ring (bicyclic) bond motifs is 1. The molecule has 1 saturated heterocycles. The minimum absolute atomic E-state index is 0.0660. The van der Waals surface area contributed by atoms with Crippen molar-refractivity contribution in [3.63, 3.8) is 0 Å². The summed E-state index contributed by atoms with van der Waals surface area (Å²) >= 11 is 0. The Hall–Kier alpha value is -1.61. The van der Waals surface area contributed by atoms with Gasteiger partial charge >= 0.3 is 0 Å². The molecule has 0 bridgehead atoms. The van der Waals surface area contributed by atoms with Crippen LogP contribution in [0, 0.1) is 5.41 Å². The van der Waals surface area contributed by atoms with Crippen molar-refractivity contribution in [2.45, 2.75) is 39.7 Å². The Labute approximate surface area is 126 Å². The van der Waals surface area contributed by atoms with Crippen LogP contribution in [0.25, 0.3) is 10.9 Å². The van der Waals surface area contributed by atoms with Crippen LogP contribution in [-0.2, 0) is 6.61 Å². The molecule has 1 N–H and O–H groups in total. The third-order valence-electron chi connectivity index (χ3n) is 5.11. The molecule has 112 valence electrons. The van der Waals surface area contributed by atoms with E-state index in [1.54, 1.807) is 0 Å². The highest BCUT2D eigenvalue weighted by Crippen LogP contribution is 2.35. The zero-order valence-corrected chi connectivity index (χ0v) is 13.0. The van der Waals surface area contributed by atoms with Gasteiger partial charge in [-0.1, -0.05) is 38.5 Å². The van der Waals surface area contributed by atoms with Gasteiger partial charge in [0.15, 0.2) is 0 Å². The molecule has 2 aromatic rings. The number of aliphatic hydroxyl groups excluding tert-OH is 1. The van der Waals surface area contributed by atoms with E-state index in [0.29, 0.717) is 5.41 Å². The molecule has 3 heteroatoms. The predicted octanol–water partition coefficient (Wildman–Crippen LogP) is 3.74. The topological polar surface area (TPSA) is 36.4 Å². The first-order valence-electron chi connectivity index (χ1n) is 7.90. The molecule has 0 radical (unpaired) electrons. The van der Waals surface area contributed by atoms with Gasteiger partial charge in [-0.15, -0.1) is 0 Å². The molecule has 1 fully saturated rings. The second-order valence-corrected chi connectivity index (χ2v) is 6.47. The smallest absolute Gasteiger partial charge is 0.129 e. The second kappa shape index (κ2) is 5.64. The van der Waals surface area contributed by atoms with Crippen molar-refractivity contribution in [2.75, 3.05) is 18.0 Å². The normalized spacial score (nSPS) is 18.1. The number of anilines is 1. The first-order valence-corrected chi connectivity index (χ1v) is 7.90. The van der Waals surface area contributed by atoms with Gasteiger partial charge in [0.05, 0.1) is 12.1 Å². The summed E-state index contributed by atoms with van der Waals surface area (Å²) in [5, 5.41) is 10.7. The van der Waals surface area contributed by atoms with Gasteiger partial charge in [0.1, 0.15) is 5.82 Å². The molecule has 0 spiro atoms. The highest BCUT2D eigenvalue weighted by molar-refractivity contribution is 5.84. The summed E-state index contributed by atoms with van der Waals surface area (Å²) in [7, 11) is 0. The first kappa shape index (κ1) is 14.3. The van der Waals surface area contributed by atoms with Crippen LogP contribution in [0.1, 0.15) is 38.7 Å². The fraction of sp³-hybridized carbons (Fsp3) is 0.500. The van der Waals surface area contributed by atoms with E-state index < -0.39 is 0 Å². The maximum Gasteiger partial charge on any atom is 0.129 e. The SMILES string of the molecule is CCC1(C)CCN(c2cc(CO)c3ccccc3n2)CC1. The zero-order chi connectivity index (χ0) is 14.9.